The molecule has 0 radical (unpaired) electrons. The minimum absolute atomic E-state index is 0.250. The number of aliphatic hydroxyl groups is 1. The number of hydrogen-bond donors (Lipinski definition) is 1. The summed E-state index contributed by atoms with van der Waals surface area (Å²) in [7, 11) is 1.65. The molecule has 0 aliphatic rings. The van der Waals surface area contributed by atoms with Crippen molar-refractivity contribution in [2.24, 2.45) is 0 Å². The number of ether oxygens (including phenoxy) is 1. The second-order valence-electron chi connectivity index (χ2n) is 3.17. The van der Waals surface area contributed by atoms with Gasteiger partial charge in [-0.1, -0.05) is 12.1 Å². The second-order valence-corrected chi connectivity index (χ2v) is 3.17. The fourth-order valence-electron chi connectivity index (χ4n) is 1.23. The van der Waals surface area contributed by atoms with Gasteiger partial charge in [-0.05, 0) is 24.6 Å². The van der Waals surface area contributed by atoms with E-state index in [2.05, 4.69) is 9.97 Å². The summed E-state index contributed by atoms with van der Waals surface area (Å²) in [4.78, 5) is 7.92. The molecule has 0 saturated carbocycles. The Balaban J connectivity index is 0.000000437. The van der Waals surface area contributed by atoms with Gasteiger partial charge in [-0.15, -0.1) is 0 Å². The van der Waals surface area contributed by atoms with Crippen LogP contribution in [0, 0.1) is 0 Å². The summed E-state index contributed by atoms with van der Waals surface area (Å²) in [6.07, 6.45) is 5.09. The van der Waals surface area contributed by atoms with Crippen molar-refractivity contribution in [1.29, 1.82) is 0 Å². The van der Waals surface area contributed by atoms with E-state index in [1.807, 2.05) is 24.3 Å². The molecule has 0 aliphatic carbocycles. The van der Waals surface area contributed by atoms with Crippen LogP contribution in [0.2, 0.25) is 0 Å². The van der Waals surface area contributed by atoms with E-state index in [4.69, 9.17) is 9.84 Å². The maximum atomic E-state index is 7.57. The summed E-state index contributed by atoms with van der Waals surface area (Å²) < 4.78 is 5.07. The molecule has 0 spiro atoms. The molecule has 4 nitrogen and oxygen atoms in total. The number of aromatic nitrogens is 2. The molecule has 1 aromatic heterocycles. The van der Waals surface area contributed by atoms with Gasteiger partial charge in [-0.2, -0.15) is 0 Å². The molecule has 4 heteroatoms. The van der Waals surface area contributed by atoms with E-state index in [1.54, 1.807) is 26.4 Å². The van der Waals surface area contributed by atoms with Crippen molar-refractivity contribution in [2.75, 3.05) is 13.7 Å². The quantitative estimate of drug-likeness (QED) is 0.862. The van der Waals surface area contributed by atoms with E-state index in [0.717, 1.165) is 16.9 Å². The molecule has 0 amide bonds. The van der Waals surface area contributed by atoms with Gasteiger partial charge in [-0.3, -0.25) is 0 Å². The van der Waals surface area contributed by atoms with Gasteiger partial charge in [0.15, 0.2) is 0 Å². The highest BCUT2D eigenvalue weighted by Crippen LogP contribution is 2.20. The first-order valence-corrected chi connectivity index (χ1v) is 5.32. The zero-order valence-corrected chi connectivity index (χ0v) is 10.00. The molecular formula is C13H16N2O2. The molecule has 0 atom stereocenters. The highest BCUT2D eigenvalue weighted by molar-refractivity contribution is 5.62. The van der Waals surface area contributed by atoms with Crippen molar-refractivity contribution in [1.82, 2.24) is 9.97 Å². The molecule has 90 valence electrons. The third kappa shape index (κ3) is 4.20. The Labute approximate surface area is 101 Å². The molecule has 0 unspecified atom stereocenters. The molecule has 1 aromatic carbocycles. The standard InChI is InChI=1S/C11H10N2O.C2H6O/c1-14-11-4-2-9(3-5-11)10-6-12-8-13-7-10;1-2-3/h2-8H,1H3;3H,2H2,1H3. The monoisotopic (exact) mass is 232 g/mol. The van der Waals surface area contributed by atoms with E-state index in [1.165, 1.54) is 6.33 Å². The summed E-state index contributed by atoms with van der Waals surface area (Å²) in [6.45, 7) is 1.93. The van der Waals surface area contributed by atoms with Crippen LogP contribution in [0.3, 0.4) is 0 Å². The van der Waals surface area contributed by atoms with Crippen molar-refractivity contribution >= 4 is 0 Å². The molecule has 0 fully saturated rings. The minimum atomic E-state index is 0.250. The Morgan fingerprint density at radius 1 is 1.06 bits per heavy atom. The van der Waals surface area contributed by atoms with Crippen LogP contribution in [-0.4, -0.2) is 28.8 Å². The third-order valence-electron chi connectivity index (χ3n) is 1.98. The lowest BCUT2D eigenvalue weighted by atomic mass is 10.1. The van der Waals surface area contributed by atoms with Gasteiger partial charge in [0, 0.05) is 24.6 Å². The fourth-order valence-corrected chi connectivity index (χ4v) is 1.23. The van der Waals surface area contributed by atoms with Crippen LogP contribution in [0.4, 0.5) is 0 Å². The first kappa shape index (κ1) is 13.1. The van der Waals surface area contributed by atoms with Crippen molar-refractivity contribution in [3.63, 3.8) is 0 Å². The van der Waals surface area contributed by atoms with Gasteiger partial charge in [0.25, 0.3) is 0 Å². The lowest BCUT2D eigenvalue weighted by Gasteiger charge is -2.02. The molecule has 2 aromatic rings. The van der Waals surface area contributed by atoms with Gasteiger partial charge in [0.05, 0.1) is 7.11 Å². The van der Waals surface area contributed by atoms with Gasteiger partial charge in [0.1, 0.15) is 12.1 Å². The van der Waals surface area contributed by atoms with Gasteiger partial charge in [-0.25, -0.2) is 9.97 Å². The smallest absolute Gasteiger partial charge is 0.118 e. The summed E-state index contributed by atoms with van der Waals surface area (Å²) in [5.74, 6) is 0.852. The SMILES string of the molecule is CCO.COc1ccc(-c2cncnc2)cc1. The van der Waals surface area contributed by atoms with Gasteiger partial charge in [0.2, 0.25) is 0 Å². The first-order valence-electron chi connectivity index (χ1n) is 5.32. The lowest BCUT2D eigenvalue weighted by Crippen LogP contribution is -1.84. The van der Waals surface area contributed by atoms with Crippen LogP contribution >= 0.6 is 0 Å². The largest absolute Gasteiger partial charge is 0.497 e. The molecule has 17 heavy (non-hydrogen) atoms. The predicted molar refractivity (Wildman–Crippen MR) is 66.8 cm³/mol. The Kier molecular flexibility index (Phi) is 5.68. The lowest BCUT2D eigenvalue weighted by molar-refractivity contribution is 0.318. The Morgan fingerprint density at radius 3 is 2.06 bits per heavy atom. The Morgan fingerprint density at radius 2 is 1.59 bits per heavy atom. The summed E-state index contributed by atoms with van der Waals surface area (Å²) in [5, 5.41) is 7.57. The zero-order valence-electron chi connectivity index (χ0n) is 10.00. The van der Waals surface area contributed by atoms with E-state index >= 15 is 0 Å². The highest BCUT2D eigenvalue weighted by Gasteiger charge is 1.97. The van der Waals surface area contributed by atoms with Gasteiger partial charge < -0.3 is 9.84 Å². The topological polar surface area (TPSA) is 55.2 Å². The van der Waals surface area contributed by atoms with Crippen molar-refractivity contribution in [3.05, 3.63) is 43.0 Å². The van der Waals surface area contributed by atoms with Gasteiger partial charge >= 0.3 is 0 Å². The minimum Gasteiger partial charge on any atom is -0.497 e. The van der Waals surface area contributed by atoms with E-state index in [9.17, 15) is 0 Å². The number of hydrogen-bond acceptors (Lipinski definition) is 4. The molecule has 1 heterocycles. The van der Waals surface area contributed by atoms with E-state index in [-0.39, 0.29) is 6.61 Å². The molecular weight excluding hydrogens is 216 g/mol. The summed E-state index contributed by atoms with van der Waals surface area (Å²) in [6, 6.07) is 7.81. The second kappa shape index (κ2) is 7.35. The molecule has 0 bridgehead atoms. The van der Waals surface area contributed by atoms with Crippen molar-refractivity contribution < 1.29 is 9.84 Å². The predicted octanol–water partition coefficient (Wildman–Crippen LogP) is 2.15. The van der Waals surface area contributed by atoms with Crippen LogP contribution in [0.15, 0.2) is 43.0 Å². The molecule has 2 rings (SSSR count). The first-order chi connectivity index (χ1) is 8.31. The van der Waals surface area contributed by atoms with Crippen LogP contribution in [0.25, 0.3) is 11.1 Å². The molecule has 1 N–H and O–H groups in total. The number of benzene rings is 1. The highest BCUT2D eigenvalue weighted by atomic mass is 16.5. The number of methoxy groups -OCH3 is 1. The Hall–Kier alpha value is -1.94. The fraction of sp³-hybridized carbons (Fsp3) is 0.231. The van der Waals surface area contributed by atoms with Crippen LogP contribution in [0.5, 0.6) is 5.75 Å². The number of rotatable bonds is 2. The van der Waals surface area contributed by atoms with Crippen LogP contribution in [-0.2, 0) is 0 Å². The van der Waals surface area contributed by atoms with Crippen LogP contribution < -0.4 is 4.74 Å². The maximum Gasteiger partial charge on any atom is 0.118 e. The Bertz CT molecular complexity index is 415. The number of nitrogens with zero attached hydrogens (tertiary/aromatic N) is 2. The zero-order chi connectivity index (χ0) is 12.5. The van der Waals surface area contributed by atoms with Crippen molar-refractivity contribution in [3.8, 4) is 16.9 Å². The van der Waals surface area contributed by atoms with Crippen molar-refractivity contribution in [2.45, 2.75) is 6.92 Å². The van der Waals surface area contributed by atoms with E-state index < -0.39 is 0 Å². The average Bonchev–Trinajstić information content (AvgIpc) is 2.41. The average molecular weight is 232 g/mol. The van der Waals surface area contributed by atoms with Crippen LogP contribution in [0.1, 0.15) is 6.92 Å². The maximum absolute atomic E-state index is 7.57. The molecule has 0 aliphatic heterocycles. The third-order valence-corrected chi connectivity index (χ3v) is 1.98. The summed E-state index contributed by atoms with van der Waals surface area (Å²) >= 11 is 0. The molecule has 0 saturated heterocycles. The number of aliphatic hydroxyl groups excluding tert-OH is 1. The summed E-state index contributed by atoms with van der Waals surface area (Å²) in [5.41, 5.74) is 2.10. The normalized spacial score (nSPS) is 9.12. The van der Waals surface area contributed by atoms with E-state index in [0.29, 0.717) is 0 Å².